The lowest BCUT2D eigenvalue weighted by atomic mass is 10.0. The maximum absolute atomic E-state index is 14.4. The van der Waals surface area contributed by atoms with Crippen molar-refractivity contribution in [3.05, 3.63) is 102 Å². The number of rotatable bonds is 3. The van der Waals surface area contributed by atoms with Crippen LogP contribution in [0.4, 0.5) is 0 Å². The minimum atomic E-state index is -2.79. The molecule has 3 heterocycles. The Balaban J connectivity index is 1.46. The van der Waals surface area contributed by atoms with Crippen molar-refractivity contribution >= 4 is 45.7 Å². The number of hydrogen-bond donors (Lipinski definition) is 0. The molecule has 0 N–H and O–H groups in total. The van der Waals surface area contributed by atoms with Crippen LogP contribution in [0.1, 0.15) is 0 Å². The molecular formula is C26H17OPS2. The fraction of sp³-hybridized carbons (Fsp3) is 0. The van der Waals surface area contributed by atoms with Gasteiger partial charge in [0.25, 0.3) is 0 Å². The van der Waals surface area contributed by atoms with Crippen molar-refractivity contribution in [2.45, 2.75) is 0 Å². The predicted molar refractivity (Wildman–Crippen MR) is 131 cm³/mol. The lowest BCUT2D eigenvalue weighted by Gasteiger charge is -2.13. The third kappa shape index (κ3) is 2.63. The zero-order valence-electron chi connectivity index (χ0n) is 16.0. The van der Waals surface area contributed by atoms with E-state index in [0.29, 0.717) is 0 Å². The van der Waals surface area contributed by atoms with E-state index in [-0.39, 0.29) is 0 Å². The molecule has 0 amide bonds. The highest BCUT2D eigenvalue weighted by Gasteiger charge is 2.42. The van der Waals surface area contributed by atoms with Gasteiger partial charge in [-0.05, 0) is 34.2 Å². The molecule has 0 fully saturated rings. The summed E-state index contributed by atoms with van der Waals surface area (Å²) in [7, 11) is -2.79. The molecule has 0 radical (unpaired) electrons. The third-order valence-electron chi connectivity index (χ3n) is 5.64. The summed E-state index contributed by atoms with van der Waals surface area (Å²) in [5.41, 5.74) is 3.60. The molecule has 1 unspecified atom stereocenters. The van der Waals surface area contributed by atoms with Gasteiger partial charge >= 0.3 is 0 Å². The average molecular weight is 441 g/mol. The molecule has 1 aliphatic rings. The smallest absolute Gasteiger partial charge is 0.173 e. The standard InChI is InChI=1S/C26H17OPS2/c27-28(21-9-5-2-6-10-21)22-15-16-29-25(22)26-23(28)17-24(30-26)20-13-11-19(12-14-20)18-7-3-1-4-8-18/h1-17H. The van der Waals surface area contributed by atoms with Crippen LogP contribution in [0.2, 0.25) is 0 Å². The van der Waals surface area contributed by atoms with Gasteiger partial charge in [0.05, 0.1) is 9.75 Å². The van der Waals surface area contributed by atoms with Crippen LogP contribution in [0.15, 0.2) is 102 Å². The van der Waals surface area contributed by atoms with Gasteiger partial charge in [0.2, 0.25) is 0 Å². The Morgan fingerprint density at radius 3 is 1.97 bits per heavy atom. The van der Waals surface area contributed by atoms with E-state index in [1.54, 1.807) is 22.7 Å². The molecule has 2 aromatic heterocycles. The number of hydrogen-bond acceptors (Lipinski definition) is 3. The Morgan fingerprint density at radius 1 is 0.600 bits per heavy atom. The number of thiophene rings is 2. The molecule has 1 aliphatic heterocycles. The minimum absolute atomic E-state index is 0.923. The maximum atomic E-state index is 14.4. The van der Waals surface area contributed by atoms with Crippen LogP contribution in [-0.2, 0) is 4.57 Å². The van der Waals surface area contributed by atoms with Crippen LogP contribution < -0.4 is 15.9 Å². The van der Waals surface area contributed by atoms with E-state index in [0.717, 1.165) is 15.9 Å². The van der Waals surface area contributed by atoms with Gasteiger partial charge in [-0.15, -0.1) is 22.7 Å². The molecule has 4 heteroatoms. The van der Waals surface area contributed by atoms with E-state index in [1.165, 1.54) is 31.3 Å². The molecule has 0 bridgehead atoms. The van der Waals surface area contributed by atoms with Crippen LogP contribution in [0.3, 0.4) is 0 Å². The number of benzene rings is 3. The third-order valence-corrected chi connectivity index (χ3v) is 11.3. The summed E-state index contributed by atoms with van der Waals surface area (Å²) in [6, 6.07) is 33.3. The summed E-state index contributed by atoms with van der Waals surface area (Å²) in [5.74, 6) is 0. The van der Waals surface area contributed by atoms with Gasteiger partial charge in [0, 0.05) is 20.8 Å². The van der Waals surface area contributed by atoms with Gasteiger partial charge in [0.15, 0.2) is 7.14 Å². The van der Waals surface area contributed by atoms with Crippen LogP contribution in [-0.4, -0.2) is 0 Å². The van der Waals surface area contributed by atoms with Gasteiger partial charge < -0.3 is 4.57 Å². The van der Waals surface area contributed by atoms with Crippen LogP contribution in [0.25, 0.3) is 31.3 Å². The summed E-state index contributed by atoms with van der Waals surface area (Å²) >= 11 is 3.46. The first kappa shape index (κ1) is 18.1. The molecule has 144 valence electrons. The van der Waals surface area contributed by atoms with E-state index in [2.05, 4.69) is 66.0 Å². The summed E-state index contributed by atoms with van der Waals surface area (Å²) < 4.78 is 14.4. The van der Waals surface area contributed by atoms with Crippen LogP contribution >= 0.6 is 29.8 Å². The van der Waals surface area contributed by atoms with Gasteiger partial charge in [0.1, 0.15) is 0 Å². The summed E-state index contributed by atoms with van der Waals surface area (Å²) in [5, 5.41) is 5.00. The van der Waals surface area contributed by atoms with Crippen LogP contribution in [0.5, 0.6) is 0 Å². The van der Waals surface area contributed by atoms with Crippen molar-refractivity contribution < 1.29 is 4.57 Å². The topological polar surface area (TPSA) is 17.1 Å². The Hall–Kier alpha value is -2.71. The Morgan fingerprint density at radius 2 is 1.23 bits per heavy atom. The highest BCUT2D eigenvalue weighted by Crippen LogP contribution is 2.57. The highest BCUT2D eigenvalue weighted by molar-refractivity contribution is 7.87. The lowest BCUT2D eigenvalue weighted by molar-refractivity contribution is 0.593. The first-order valence-electron chi connectivity index (χ1n) is 9.79. The van der Waals surface area contributed by atoms with E-state index in [9.17, 15) is 4.57 Å². The molecule has 1 atom stereocenters. The SMILES string of the molecule is O=P1(c2ccccc2)c2ccsc2-c2sc(-c3ccc(-c4ccccc4)cc3)cc21. The lowest BCUT2D eigenvalue weighted by Crippen LogP contribution is -2.19. The van der Waals surface area contributed by atoms with E-state index >= 15 is 0 Å². The highest BCUT2D eigenvalue weighted by atomic mass is 32.1. The second-order valence-corrected chi connectivity index (χ2v) is 12.0. The largest absolute Gasteiger partial charge is 0.309 e. The van der Waals surface area contributed by atoms with Crippen molar-refractivity contribution in [3.63, 3.8) is 0 Å². The predicted octanol–water partition coefficient (Wildman–Crippen LogP) is 6.76. The van der Waals surface area contributed by atoms with Gasteiger partial charge in [-0.1, -0.05) is 84.9 Å². The Labute approximate surface area is 183 Å². The van der Waals surface area contributed by atoms with Gasteiger partial charge in [-0.2, -0.15) is 0 Å². The fourth-order valence-electron chi connectivity index (χ4n) is 4.14. The zero-order chi connectivity index (χ0) is 20.1. The zero-order valence-corrected chi connectivity index (χ0v) is 18.5. The molecule has 1 nitrogen and oxygen atoms in total. The second kappa shape index (κ2) is 6.92. The molecule has 0 spiro atoms. The summed E-state index contributed by atoms with van der Waals surface area (Å²) in [4.78, 5) is 3.53. The molecule has 6 rings (SSSR count). The normalized spacial score (nSPS) is 16.9. The average Bonchev–Trinajstić information content (AvgIpc) is 3.51. The molecule has 0 saturated carbocycles. The molecule has 0 aliphatic carbocycles. The van der Waals surface area contributed by atoms with Crippen molar-refractivity contribution in [2.24, 2.45) is 0 Å². The molecular weight excluding hydrogens is 423 g/mol. The molecule has 30 heavy (non-hydrogen) atoms. The summed E-state index contributed by atoms with van der Waals surface area (Å²) in [6.45, 7) is 0. The monoisotopic (exact) mass is 440 g/mol. The first-order valence-corrected chi connectivity index (χ1v) is 13.2. The second-order valence-electron chi connectivity index (χ2n) is 7.35. The Kier molecular flexibility index (Phi) is 4.17. The number of fused-ring (bicyclic) bond motifs is 3. The van der Waals surface area contributed by atoms with E-state index < -0.39 is 7.14 Å². The van der Waals surface area contributed by atoms with Crippen molar-refractivity contribution in [3.8, 4) is 31.3 Å². The molecule has 3 aromatic carbocycles. The molecule has 0 saturated heterocycles. The maximum Gasteiger partial charge on any atom is 0.173 e. The Bertz CT molecular complexity index is 1400. The van der Waals surface area contributed by atoms with Crippen molar-refractivity contribution in [2.75, 3.05) is 0 Å². The van der Waals surface area contributed by atoms with Crippen molar-refractivity contribution in [1.82, 2.24) is 0 Å². The van der Waals surface area contributed by atoms with E-state index in [4.69, 9.17) is 0 Å². The van der Waals surface area contributed by atoms with Gasteiger partial charge in [-0.3, -0.25) is 0 Å². The van der Waals surface area contributed by atoms with Crippen LogP contribution in [0, 0.1) is 0 Å². The first-order chi connectivity index (χ1) is 14.7. The van der Waals surface area contributed by atoms with Crippen molar-refractivity contribution in [1.29, 1.82) is 0 Å². The minimum Gasteiger partial charge on any atom is -0.309 e. The molecule has 5 aromatic rings. The van der Waals surface area contributed by atoms with E-state index in [1.807, 2.05) is 36.4 Å². The quantitative estimate of drug-likeness (QED) is 0.278. The van der Waals surface area contributed by atoms with Gasteiger partial charge in [-0.25, -0.2) is 0 Å². The fourth-order valence-corrected chi connectivity index (χ4v) is 10.4. The summed E-state index contributed by atoms with van der Waals surface area (Å²) in [6.07, 6.45) is 0.